The van der Waals surface area contributed by atoms with E-state index in [1.54, 1.807) is 13.3 Å². The van der Waals surface area contributed by atoms with Gasteiger partial charge in [0, 0.05) is 30.7 Å². The van der Waals surface area contributed by atoms with Crippen molar-refractivity contribution in [2.75, 3.05) is 13.7 Å². The van der Waals surface area contributed by atoms with Crippen LogP contribution in [0.1, 0.15) is 5.82 Å². The first-order valence-corrected chi connectivity index (χ1v) is 5.75. The molecule has 0 fully saturated rings. The number of halogens is 1. The number of nitrogens with zero attached hydrogens (tertiary/aromatic N) is 2. The lowest BCUT2D eigenvalue weighted by Crippen LogP contribution is -2.25. The van der Waals surface area contributed by atoms with E-state index in [0.29, 0.717) is 18.6 Å². The van der Waals surface area contributed by atoms with Crippen molar-refractivity contribution in [3.63, 3.8) is 0 Å². The molecule has 0 aliphatic rings. The van der Waals surface area contributed by atoms with E-state index in [9.17, 15) is 0 Å². The monoisotopic (exact) mass is 284 g/mol. The summed E-state index contributed by atoms with van der Waals surface area (Å²) >= 11 is 3.36. The van der Waals surface area contributed by atoms with Crippen LogP contribution in [0.15, 0.2) is 16.7 Å². The Morgan fingerprint density at radius 3 is 3.12 bits per heavy atom. The van der Waals surface area contributed by atoms with Crippen molar-refractivity contribution in [3.8, 4) is 0 Å². The topological polar surface area (TPSA) is 76.8 Å². The fourth-order valence-electron chi connectivity index (χ4n) is 1.50. The average molecular weight is 285 g/mol. The van der Waals surface area contributed by atoms with Crippen LogP contribution in [-0.4, -0.2) is 34.7 Å². The maximum atomic E-state index is 5.56. The number of H-pyrrole nitrogens is 1. The second kappa shape index (κ2) is 4.90. The molecule has 2 rings (SSSR count). The molecule has 0 amide bonds. The van der Waals surface area contributed by atoms with Gasteiger partial charge < -0.3 is 15.5 Å². The lowest BCUT2D eigenvalue weighted by molar-refractivity contribution is 0.108. The number of nitrogens with two attached hydrogens (primary N) is 1. The van der Waals surface area contributed by atoms with Gasteiger partial charge in [0.05, 0.1) is 11.6 Å². The zero-order valence-corrected chi connectivity index (χ0v) is 10.5. The molecule has 0 spiro atoms. The number of hydrogen-bond donors (Lipinski definition) is 2. The number of ether oxygens (including phenoxy) is 1. The van der Waals surface area contributed by atoms with Gasteiger partial charge in [-0.15, -0.1) is 0 Å². The molecule has 5 nitrogen and oxygen atoms in total. The first kappa shape index (κ1) is 11.5. The smallest absolute Gasteiger partial charge is 0.177 e. The first-order chi connectivity index (χ1) is 7.72. The highest BCUT2D eigenvalue weighted by molar-refractivity contribution is 9.10. The highest BCUT2D eigenvalue weighted by Gasteiger charge is 2.10. The molecule has 0 saturated heterocycles. The first-order valence-electron chi connectivity index (χ1n) is 4.96. The molecule has 2 aromatic rings. The summed E-state index contributed by atoms with van der Waals surface area (Å²) in [5.41, 5.74) is 7.19. The summed E-state index contributed by atoms with van der Waals surface area (Å²) in [6, 6.07) is 1.95. The number of pyridine rings is 1. The Kier molecular flexibility index (Phi) is 3.52. The molecule has 1 unspecified atom stereocenters. The molecule has 3 N–H and O–H groups in total. The SMILES string of the molecule is COC(CN)Cc1nc2ncc(Br)cc2[nH]1. The number of aromatic amines is 1. The van der Waals surface area contributed by atoms with Crippen molar-refractivity contribution < 1.29 is 4.74 Å². The number of fused-ring (bicyclic) bond motifs is 1. The van der Waals surface area contributed by atoms with Gasteiger partial charge in [0.1, 0.15) is 5.82 Å². The van der Waals surface area contributed by atoms with Crippen molar-refractivity contribution in [2.24, 2.45) is 5.73 Å². The van der Waals surface area contributed by atoms with Crippen LogP contribution in [0.25, 0.3) is 11.2 Å². The molecular formula is C10H13BrN4O. The highest BCUT2D eigenvalue weighted by Crippen LogP contribution is 2.15. The molecule has 0 aliphatic carbocycles. The molecule has 0 bridgehead atoms. The van der Waals surface area contributed by atoms with Crippen molar-refractivity contribution >= 4 is 27.1 Å². The zero-order valence-electron chi connectivity index (χ0n) is 8.90. The Balaban J connectivity index is 2.25. The predicted octanol–water partition coefficient (Wildman–Crippen LogP) is 1.24. The Morgan fingerprint density at radius 2 is 2.44 bits per heavy atom. The Labute approximate surface area is 102 Å². The van der Waals surface area contributed by atoms with Gasteiger partial charge in [-0.3, -0.25) is 0 Å². The van der Waals surface area contributed by atoms with E-state index in [1.165, 1.54) is 0 Å². The summed E-state index contributed by atoms with van der Waals surface area (Å²) in [6.45, 7) is 0.477. The van der Waals surface area contributed by atoms with Gasteiger partial charge in [-0.05, 0) is 22.0 Å². The summed E-state index contributed by atoms with van der Waals surface area (Å²) in [5, 5.41) is 0. The van der Waals surface area contributed by atoms with Crippen LogP contribution in [0.4, 0.5) is 0 Å². The normalized spacial score (nSPS) is 13.2. The summed E-state index contributed by atoms with van der Waals surface area (Å²) in [6.07, 6.45) is 2.38. The van der Waals surface area contributed by atoms with Gasteiger partial charge in [0.15, 0.2) is 5.65 Å². The molecule has 0 aromatic carbocycles. The van der Waals surface area contributed by atoms with E-state index < -0.39 is 0 Å². The molecule has 0 radical (unpaired) electrons. The zero-order chi connectivity index (χ0) is 11.5. The quantitative estimate of drug-likeness (QED) is 0.886. The fourth-order valence-corrected chi connectivity index (χ4v) is 1.83. The third-order valence-electron chi connectivity index (χ3n) is 2.37. The second-order valence-corrected chi connectivity index (χ2v) is 4.42. The van der Waals surface area contributed by atoms with Gasteiger partial charge in [-0.1, -0.05) is 0 Å². The third-order valence-corrected chi connectivity index (χ3v) is 2.80. The van der Waals surface area contributed by atoms with E-state index >= 15 is 0 Å². The van der Waals surface area contributed by atoms with Crippen LogP contribution in [-0.2, 0) is 11.2 Å². The van der Waals surface area contributed by atoms with Crippen molar-refractivity contribution in [2.45, 2.75) is 12.5 Å². The van der Waals surface area contributed by atoms with Crippen molar-refractivity contribution in [1.29, 1.82) is 0 Å². The average Bonchev–Trinajstić information content (AvgIpc) is 2.67. The molecule has 6 heteroatoms. The van der Waals surface area contributed by atoms with Gasteiger partial charge in [-0.25, -0.2) is 9.97 Å². The molecular weight excluding hydrogens is 272 g/mol. The van der Waals surface area contributed by atoms with Crippen LogP contribution in [0.3, 0.4) is 0 Å². The Bertz CT molecular complexity index is 481. The lowest BCUT2D eigenvalue weighted by atomic mass is 10.2. The highest BCUT2D eigenvalue weighted by atomic mass is 79.9. The van der Waals surface area contributed by atoms with Crippen LogP contribution < -0.4 is 5.73 Å². The number of nitrogens with one attached hydrogen (secondary N) is 1. The van der Waals surface area contributed by atoms with Gasteiger partial charge in [0.2, 0.25) is 0 Å². The third kappa shape index (κ3) is 2.40. The molecule has 0 saturated carbocycles. The maximum Gasteiger partial charge on any atom is 0.177 e. The van der Waals surface area contributed by atoms with Gasteiger partial charge in [-0.2, -0.15) is 0 Å². The van der Waals surface area contributed by atoms with Gasteiger partial charge in [0.25, 0.3) is 0 Å². The minimum atomic E-state index is -0.0102. The number of imidazole rings is 1. The minimum Gasteiger partial charge on any atom is -0.380 e. The minimum absolute atomic E-state index is 0.0102. The van der Waals surface area contributed by atoms with Crippen LogP contribution in [0.5, 0.6) is 0 Å². The molecule has 1 atom stereocenters. The van der Waals surface area contributed by atoms with E-state index in [4.69, 9.17) is 10.5 Å². The maximum absolute atomic E-state index is 5.56. The Hall–Kier alpha value is -0.980. The molecule has 0 aliphatic heterocycles. The molecule has 2 aromatic heterocycles. The Morgan fingerprint density at radius 1 is 1.62 bits per heavy atom. The van der Waals surface area contributed by atoms with Crippen LogP contribution in [0.2, 0.25) is 0 Å². The van der Waals surface area contributed by atoms with Crippen LogP contribution >= 0.6 is 15.9 Å². The van der Waals surface area contributed by atoms with E-state index in [2.05, 4.69) is 30.9 Å². The molecule has 2 heterocycles. The van der Waals surface area contributed by atoms with Crippen LogP contribution in [0, 0.1) is 0 Å². The summed E-state index contributed by atoms with van der Waals surface area (Å²) in [4.78, 5) is 11.8. The fraction of sp³-hybridized carbons (Fsp3) is 0.400. The van der Waals surface area contributed by atoms with Gasteiger partial charge >= 0.3 is 0 Å². The number of aromatic nitrogens is 3. The second-order valence-electron chi connectivity index (χ2n) is 3.51. The summed E-state index contributed by atoms with van der Waals surface area (Å²) in [7, 11) is 1.65. The number of methoxy groups -OCH3 is 1. The predicted molar refractivity (Wildman–Crippen MR) is 65.1 cm³/mol. The van der Waals surface area contributed by atoms with E-state index in [-0.39, 0.29) is 6.10 Å². The van der Waals surface area contributed by atoms with E-state index in [1.807, 2.05) is 6.07 Å². The van der Waals surface area contributed by atoms with Crippen molar-refractivity contribution in [3.05, 3.63) is 22.6 Å². The van der Waals surface area contributed by atoms with E-state index in [0.717, 1.165) is 15.8 Å². The number of hydrogen-bond acceptors (Lipinski definition) is 4. The standard InChI is InChI=1S/C10H13BrN4O/c1-16-7(4-12)3-9-14-8-2-6(11)5-13-10(8)15-9/h2,5,7H,3-4,12H2,1H3,(H,13,14,15). The van der Waals surface area contributed by atoms with Crippen molar-refractivity contribution in [1.82, 2.24) is 15.0 Å². The summed E-state index contributed by atoms with van der Waals surface area (Å²) in [5.74, 6) is 0.845. The number of rotatable bonds is 4. The molecule has 86 valence electrons. The lowest BCUT2D eigenvalue weighted by Gasteiger charge is -2.09. The molecule has 16 heavy (non-hydrogen) atoms. The summed E-state index contributed by atoms with van der Waals surface area (Å²) < 4.78 is 6.14. The largest absolute Gasteiger partial charge is 0.380 e.